The van der Waals surface area contributed by atoms with Crippen molar-refractivity contribution in [1.29, 1.82) is 0 Å². The maximum Gasteiger partial charge on any atom is 0.261 e. The lowest BCUT2D eigenvalue weighted by Crippen LogP contribution is -2.34. The fourth-order valence-corrected chi connectivity index (χ4v) is 2.33. The first kappa shape index (κ1) is 10.5. The average molecular weight is 233 g/mol. The third-order valence-corrected chi connectivity index (χ3v) is 3.43. The van der Waals surface area contributed by atoms with Crippen molar-refractivity contribution in [2.24, 2.45) is 5.73 Å². The number of aromatic amines is 1. The second-order valence-corrected chi connectivity index (χ2v) is 4.70. The number of nitrogens with zero attached hydrogens (tertiary/aromatic N) is 3. The Balaban J connectivity index is 1.96. The molecule has 0 spiro atoms. The quantitative estimate of drug-likeness (QED) is 0.819. The minimum atomic E-state index is -0.403. The van der Waals surface area contributed by atoms with Gasteiger partial charge in [-0.2, -0.15) is 10.1 Å². The average Bonchev–Trinajstić information content (AvgIpc) is 2.97. The van der Waals surface area contributed by atoms with E-state index in [-0.39, 0.29) is 0 Å². The van der Waals surface area contributed by atoms with Crippen LogP contribution in [0.2, 0.25) is 0 Å². The summed E-state index contributed by atoms with van der Waals surface area (Å²) in [5.41, 5.74) is 7.63. The number of hydrogen-bond donors (Lipinski definition) is 2. The maximum atomic E-state index is 6.28. The topological polar surface area (TPSA) is 93.6 Å². The zero-order chi connectivity index (χ0) is 11.9. The molecular weight excluding hydrogens is 218 g/mol. The molecule has 0 unspecified atom stereocenters. The fourth-order valence-electron chi connectivity index (χ4n) is 2.33. The number of hydrogen-bond acceptors (Lipinski definition) is 5. The summed E-state index contributed by atoms with van der Waals surface area (Å²) in [5, 5.41) is 10.8. The van der Waals surface area contributed by atoms with E-state index < -0.39 is 5.54 Å². The maximum absolute atomic E-state index is 6.28. The molecule has 0 aliphatic heterocycles. The largest absolute Gasteiger partial charge is 0.334 e. The lowest BCUT2D eigenvalue weighted by atomic mass is 9.99. The number of aryl methyl sites for hydroxylation is 1. The molecule has 0 aromatic carbocycles. The number of rotatable bonds is 2. The first-order valence-electron chi connectivity index (χ1n) is 5.82. The van der Waals surface area contributed by atoms with Gasteiger partial charge in [0.15, 0.2) is 5.82 Å². The van der Waals surface area contributed by atoms with Gasteiger partial charge in [0.05, 0.1) is 17.3 Å². The van der Waals surface area contributed by atoms with E-state index in [2.05, 4.69) is 20.3 Å². The second-order valence-electron chi connectivity index (χ2n) is 4.70. The fraction of sp³-hybridized carbons (Fsp3) is 0.545. The normalized spacial score (nSPS) is 18.7. The van der Waals surface area contributed by atoms with E-state index in [9.17, 15) is 0 Å². The Hall–Kier alpha value is -1.69. The van der Waals surface area contributed by atoms with Gasteiger partial charge in [0.25, 0.3) is 5.89 Å². The second kappa shape index (κ2) is 3.66. The van der Waals surface area contributed by atoms with Crippen LogP contribution < -0.4 is 5.73 Å². The number of nitrogens with one attached hydrogen (secondary N) is 1. The van der Waals surface area contributed by atoms with Crippen LogP contribution in [-0.2, 0) is 5.54 Å². The number of nitrogens with two attached hydrogens (primary N) is 1. The van der Waals surface area contributed by atoms with Gasteiger partial charge in [-0.15, -0.1) is 0 Å². The Labute approximate surface area is 98.6 Å². The first-order valence-corrected chi connectivity index (χ1v) is 5.82. The van der Waals surface area contributed by atoms with Crippen LogP contribution in [0.4, 0.5) is 0 Å². The Bertz CT molecular complexity index is 523. The minimum Gasteiger partial charge on any atom is -0.334 e. The van der Waals surface area contributed by atoms with E-state index >= 15 is 0 Å². The van der Waals surface area contributed by atoms with Gasteiger partial charge in [-0.05, 0) is 19.8 Å². The molecule has 2 heterocycles. The molecule has 1 fully saturated rings. The van der Waals surface area contributed by atoms with E-state index in [1.807, 2.05) is 6.92 Å². The molecule has 1 aliphatic carbocycles. The van der Waals surface area contributed by atoms with Gasteiger partial charge in [0, 0.05) is 5.69 Å². The summed E-state index contributed by atoms with van der Waals surface area (Å²) in [7, 11) is 0. The summed E-state index contributed by atoms with van der Waals surface area (Å²) < 4.78 is 5.27. The highest BCUT2D eigenvalue weighted by molar-refractivity contribution is 5.54. The Morgan fingerprint density at radius 3 is 2.82 bits per heavy atom. The van der Waals surface area contributed by atoms with Crippen LogP contribution in [-0.4, -0.2) is 20.3 Å². The highest BCUT2D eigenvalue weighted by Gasteiger charge is 2.36. The van der Waals surface area contributed by atoms with Crippen LogP contribution in [0.5, 0.6) is 0 Å². The summed E-state index contributed by atoms with van der Waals surface area (Å²) >= 11 is 0. The summed E-state index contributed by atoms with van der Waals surface area (Å²) in [4.78, 5) is 4.40. The molecule has 6 heteroatoms. The van der Waals surface area contributed by atoms with Crippen molar-refractivity contribution in [3.8, 4) is 11.5 Å². The SMILES string of the molecule is Cc1[nH]ncc1-c1nc(C2(N)CCCC2)no1. The lowest BCUT2D eigenvalue weighted by molar-refractivity contribution is 0.372. The third-order valence-electron chi connectivity index (χ3n) is 3.43. The van der Waals surface area contributed by atoms with Gasteiger partial charge in [-0.3, -0.25) is 5.10 Å². The van der Waals surface area contributed by atoms with Gasteiger partial charge < -0.3 is 10.3 Å². The van der Waals surface area contributed by atoms with Gasteiger partial charge in [-0.25, -0.2) is 0 Å². The zero-order valence-corrected chi connectivity index (χ0v) is 9.73. The van der Waals surface area contributed by atoms with Crippen molar-refractivity contribution in [2.75, 3.05) is 0 Å². The van der Waals surface area contributed by atoms with Crippen LogP contribution in [0.25, 0.3) is 11.5 Å². The molecule has 0 saturated heterocycles. The Morgan fingerprint density at radius 1 is 1.41 bits per heavy atom. The molecule has 90 valence electrons. The summed E-state index contributed by atoms with van der Waals surface area (Å²) in [6.07, 6.45) is 5.80. The van der Waals surface area contributed by atoms with Gasteiger partial charge in [-0.1, -0.05) is 18.0 Å². The predicted molar refractivity (Wildman–Crippen MR) is 61.0 cm³/mol. The summed E-state index contributed by atoms with van der Waals surface area (Å²) in [6, 6.07) is 0. The van der Waals surface area contributed by atoms with Crippen LogP contribution in [0.3, 0.4) is 0 Å². The standard InChI is InChI=1S/C11H15N5O/c1-7-8(6-13-15-7)9-14-10(16-17-9)11(12)4-2-3-5-11/h6H,2-5,12H2,1H3,(H,13,15). The van der Waals surface area contributed by atoms with Gasteiger partial charge in [0.1, 0.15) is 0 Å². The molecule has 0 amide bonds. The molecule has 17 heavy (non-hydrogen) atoms. The Kier molecular flexibility index (Phi) is 2.25. The predicted octanol–water partition coefficient (Wildman–Crippen LogP) is 1.50. The molecule has 3 N–H and O–H groups in total. The van der Waals surface area contributed by atoms with Crippen LogP contribution in [0.15, 0.2) is 10.7 Å². The third kappa shape index (κ3) is 1.64. The van der Waals surface area contributed by atoms with Crippen molar-refractivity contribution in [3.05, 3.63) is 17.7 Å². The monoisotopic (exact) mass is 233 g/mol. The van der Waals surface area contributed by atoms with E-state index in [0.29, 0.717) is 11.7 Å². The van der Waals surface area contributed by atoms with Crippen molar-refractivity contribution in [1.82, 2.24) is 20.3 Å². The number of H-pyrrole nitrogens is 1. The molecule has 0 atom stereocenters. The highest BCUT2D eigenvalue weighted by Crippen LogP contribution is 2.35. The van der Waals surface area contributed by atoms with E-state index in [0.717, 1.165) is 36.9 Å². The molecule has 3 rings (SSSR count). The molecule has 0 radical (unpaired) electrons. The smallest absolute Gasteiger partial charge is 0.261 e. The van der Waals surface area contributed by atoms with Crippen molar-refractivity contribution >= 4 is 0 Å². The molecule has 2 aromatic rings. The molecule has 0 bridgehead atoms. The van der Waals surface area contributed by atoms with Crippen LogP contribution in [0.1, 0.15) is 37.2 Å². The summed E-state index contributed by atoms with van der Waals surface area (Å²) in [6.45, 7) is 1.92. The van der Waals surface area contributed by atoms with Gasteiger partial charge >= 0.3 is 0 Å². The molecule has 2 aromatic heterocycles. The van der Waals surface area contributed by atoms with Gasteiger partial charge in [0.2, 0.25) is 0 Å². The molecule has 1 saturated carbocycles. The van der Waals surface area contributed by atoms with E-state index in [4.69, 9.17) is 10.3 Å². The zero-order valence-electron chi connectivity index (χ0n) is 9.73. The first-order chi connectivity index (χ1) is 8.19. The van der Waals surface area contributed by atoms with Crippen molar-refractivity contribution in [2.45, 2.75) is 38.1 Å². The van der Waals surface area contributed by atoms with Crippen molar-refractivity contribution in [3.63, 3.8) is 0 Å². The lowest BCUT2D eigenvalue weighted by Gasteiger charge is -2.17. The van der Waals surface area contributed by atoms with Crippen LogP contribution >= 0.6 is 0 Å². The minimum absolute atomic E-state index is 0.403. The molecule has 6 nitrogen and oxygen atoms in total. The van der Waals surface area contributed by atoms with E-state index in [1.54, 1.807) is 6.20 Å². The molecule has 1 aliphatic rings. The summed E-state index contributed by atoms with van der Waals surface area (Å²) in [5.74, 6) is 1.11. The van der Waals surface area contributed by atoms with E-state index in [1.165, 1.54) is 0 Å². The molecular formula is C11H15N5O. The van der Waals surface area contributed by atoms with Crippen molar-refractivity contribution < 1.29 is 4.52 Å². The highest BCUT2D eigenvalue weighted by atomic mass is 16.5. The Morgan fingerprint density at radius 2 is 2.18 bits per heavy atom. The number of aromatic nitrogens is 4. The van der Waals surface area contributed by atoms with Crippen LogP contribution in [0, 0.1) is 6.92 Å².